The minimum Gasteiger partial charge on any atom is -0.319 e. The van der Waals surface area contributed by atoms with Gasteiger partial charge in [0.25, 0.3) is 0 Å². The second kappa shape index (κ2) is 26.2. The van der Waals surface area contributed by atoms with Crippen molar-refractivity contribution >= 4 is 45.2 Å². The molecule has 132 valence electrons. The van der Waals surface area contributed by atoms with Gasteiger partial charge in [-0.1, -0.05) is 52.3 Å². The first-order chi connectivity index (χ1) is 12.8. The Hall–Kier alpha value is 0.210. The fourth-order valence-electron chi connectivity index (χ4n) is 1.34. The van der Waals surface area contributed by atoms with Crippen molar-refractivity contribution in [2.24, 2.45) is 0 Å². The van der Waals surface area contributed by atoms with E-state index in [4.69, 9.17) is 0 Å². The molecule has 0 aliphatic heterocycles. The van der Waals surface area contributed by atoms with Crippen LogP contribution in [0.5, 0.6) is 0 Å². The summed E-state index contributed by atoms with van der Waals surface area (Å²) >= 11 is 4.52. The van der Waals surface area contributed by atoms with E-state index >= 15 is 0 Å². The van der Waals surface area contributed by atoms with Crippen molar-refractivity contribution in [2.45, 2.75) is 0 Å². The van der Waals surface area contributed by atoms with Gasteiger partial charge in [-0.05, 0) is 0 Å². The molecule has 0 N–H and O–H groups in total. The van der Waals surface area contributed by atoms with Gasteiger partial charge in [0.15, 0.2) is 0 Å². The standard InChI is InChI=1S/2C6H4I.2C6H4.3Zn/c2*7-6-4-2-1-3-5-6;2*1-2-4-6-5-3-1;;;/h2*2-5H;2*1-2,5-6H;;;/q2*-1;2*-2;3*+2. The van der Waals surface area contributed by atoms with Crippen molar-refractivity contribution in [3.05, 3.63) is 141 Å². The van der Waals surface area contributed by atoms with Crippen LogP contribution in [-0.4, -0.2) is 0 Å². The Balaban J connectivity index is -0.000000301. The average molecular weight is 754 g/mol. The second-order valence-electron chi connectivity index (χ2n) is 4.44. The Labute approximate surface area is 241 Å². The molecule has 0 radical (unpaired) electrons. The summed E-state index contributed by atoms with van der Waals surface area (Å²) in [5.41, 5.74) is 0. The number of hydrogen-bond acceptors (Lipinski definition) is 0. The third-order valence-corrected chi connectivity index (χ3v) is 3.90. The van der Waals surface area contributed by atoms with Crippen LogP contribution in [0.15, 0.2) is 97.1 Å². The SMILES string of the molecule is Ic1cc[c-]cc1.Ic1cc[c-]cc1.[Zn+2].[Zn+2].[Zn+2].[c-]1cc[c-]cc1.[c-]1cc[c-]cc1. The van der Waals surface area contributed by atoms with Crippen molar-refractivity contribution < 1.29 is 58.4 Å². The first-order valence-electron chi connectivity index (χ1n) is 7.66. The maximum absolute atomic E-state index is 2.93. The van der Waals surface area contributed by atoms with Crippen LogP contribution < -0.4 is 0 Å². The molecular weight excluding hydrogens is 738 g/mol. The van der Waals surface area contributed by atoms with Crippen molar-refractivity contribution in [3.8, 4) is 0 Å². The molecule has 0 aliphatic rings. The summed E-state index contributed by atoms with van der Waals surface area (Å²) < 4.78 is 2.52. The van der Waals surface area contributed by atoms with Gasteiger partial charge >= 0.3 is 58.4 Å². The van der Waals surface area contributed by atoms with Crippen LogP contribution in [0.1, 0.15) is 0 Å². The van der Waals surface area contributed by atoms with Crippen molar-refractivity contribution in [1.29, 1.82) is 0 Å². The quantitative estimate of drug-likeness (QED) is 0.106. The molecular formula is C24H16I2Zn3. The van der Waals surface area contributed by atoms with Gasteiger partial charge in [-0.3, -0.25) is 48.5 Å². The Bertz CT molecular complexity index is 634. The molecule has 0 fully saturated rings. The maximum atomic E-state index is 2.93. The fourth-order valence-corrected chi connectivity index (χ4v) is 2.06. The molecule has 0 amide bonds. The molecule has 0 aliphatic carbocycles. The molecule has 5 heteroatoms. The predicted octanol–water partition coefficient (Wildman–Crippen LogP) is 6.75. The average Bonchev–Trinajstić information content (AvgIpc) is 2.73. The van der Waals surface area contributed by atoms with Gasteiger partial charge in [0.05, 0.1) is 0 Å². The van der Waals surface area contributed by atoms with Gasteiger partial charge in [-0.15, -0.1) is 0 Å². The van der Waals surface area contributed by atoms with Gasteiger partial charge in [0.1, 0.15) is 0 Å². The number of halogens is 2. The van der Waals surface area contributed by atoms with E-state index in [0.29, 0.717) is 0 Å². The van der Waals surface area contributed by atoms with Crippen LogP contribution in [0.2, 0.25) is 0 Å². The van der Waals surface area contributed by atoms with Crippen molar-refractivity contribution in [3.63, 3.8) is 0 Å². The first kappa shape index (κ1) is 33.8. The van der Waals surface area contributed by atoms with Crippen LogP contribution in [-0.2, 0) is 58.4 Å². The number of hydrogen-bond donors (Lipinski definition) is 0. The van der Waals surface area contributed by atoms with Crippen LogP contribution >= 0.6 is 45.2 Å². The van der Waals surface area contributed by atoms with Crippen molar-refractivity contribution in [2.75, 3.05) is 0 Å². The van der Waals surface area contributed by atoms with Gasteiger partial charge in [0.2, 0.25) is 0 Å². The van der Waals surface area contributed by atoms with Gasteiger partial charge < -0.3 is 24.3 Å². The predicted molar refractivity (Wildman–Crippen MR) is 124 cm³/mol. The van der Waals surface area contributed by atoms with Gasteiger partial charge in [0, 0.05) is 0 Å². The van der Waals surface area contributed by atoms with Crippen LogP contribution in [0.25, 0.3) is 0 Å². The Kier molecular flexibility index (Phi) is 30.6. The summed E-state index contributed by atoms with van der Waals surface area (Å²) in [6.07, 6.45) is 0. The Morgan fingerprint density at radius 1 is 0.345 bits per heavy atom. The summed E-state index contributed by atoms with van der Waals surface area (Å²) in [6.45, 7) is 0. The molecule has 0 unspecified atom stereocenters. The van der Waals surface area contributed by atoms with E-state index in [0.717, 1.165) is 0 Å². The molecule has 0 saturated carbocycles. The Morgan fingerprint density at radius 2 is 0.517 bits per heavy atom. The summed E-state index contributed by atoms with van der Waals surface area (Å²) in [7, 11) is 0. The number of benzene rings is 4. The normalized spacial score (nSPS) is 7.52. The summed E-state index contributed by atoms with van der Waals surface area (Å²) in [6, 6.07) is 47.5. The molecule has 4 aromatic rings. The smallest absolute Gasteiger partial charge is 0.319 e. The third kappa shape index (κ3) is 24.4. The molecule has 0 heterocycles. The zero-order valence-corrected chi connectivity index (χ0v) is 29.3. The molecule has 0 aromatic heterocycles. The molecule has 0 atom stereocenters. The fraction of sp³-hybridized carbons (Fsp3) is 0. The zero-order chi connectivity index (χ0) is 18.7. The minimum atomic E-state index is 0. The molecule has 4 rings (SSSR count). The maximum Gasteiger partial charge on any atom is 2.00 e. The molecule has 0 spiro atoms. The molecule has 0 bridgehead atoms. The first-order valence-corrected chi connectivity index (χ1v) is 9.82. The third-order valence-electron chi connectivity index (χ3n) is 2.46. The molecule has 29 heavy (non-hydrogen) atoms. The monoisotopic (exact) mass is 750 g/mol. The molecule has 4 aromatic carbocycles. The summed E-state index contributed by atoms with van der Waals surface area (Å²) in [5, 5.41) is 0. The largest absolute Gasteiger partial charge is 2.00 e. The minimum absolute atomic E-state index is 0. The van der Waals surface area contributed by atoms with E-state index in [-0.39, 0.29) is 58.4 Å². The van der Waals surface area contributed by atoms with E-state index < -0.39 is 0 Å². The van der Waals surface area contributed by atoms with Gasteiger partial charge in [-0.25, -0.2) is 0 Å². The van der Waals surface area contributed by atoms with Gasteiger partial charge in [-0.2, -0.15) is 60.7 Å². The van der Waals surface area contributed by atoms with E-state index in [2.05, 4.69) is 81.6 Å². The Morgan fingerprint density at radius 3 is 0.621 bits per heavy atom. The number of rotatable bonds is 0. The van der Waals surface area contributed by atoms with Crippen LogP contribution in [0.4, 0.5) is 0 Å². The van der Waals surface area contributed by atoms with E-state index in [1.807, 2.05) is 97.1 Å². The topological polar surface area (TPSA) is 0 Å². The second-order valence-corrected chi connectivity index (χ2v) is 6.93. The summed E-state index contributed by atoms with van der Waals surface area (Å²) in [5.74, 6) is 0. The zero-order valence-electron chi connectivity index (χ0n) is 16.1. The van der Waals surface area contributed by atoms with Crippen molar-refractivity contribution in [1.82, 2.24) is 0 Å². The van der Waals surface area contributed by atoms with Crippen LogP contribution in [0.3, 0.4) is 0 Å². The molecule has 0 nitrogen and oxygen atoms in total. The summed E-state index contributed by atoms with van der Waals surface area (Å²) in [4.78, 5) is 0. The van der Waals surface area contributed by atoms with E-state index in [9.17, 15) is 0 Å². The van der Waals surface area contributed by atoms with E-state index in [1.54, 1.807) is 0 Å². The molecule has 0 saturated heterocycles. The van der Waals surface area contributed by atoms with E-state index in [1.165, 1.54) is 7.14 Å². The van der Waals surface area contributed by atoms with Crippen LogP contribution in [0, 0.1) is 43.5 Å².